The van der Waals surface area contributed by atoms with E-state index in [0.717, 1.165) is 11.3 Å². The van der Waals surface area contributed by atoms with E-state index in [1.807, 2.05) is 42.5 Å². The first kappa shape index (κ1) is 19.2. The van der Waals surface area contributed by atoms with Crippen LogP contribution in [0.4, 0.5) is 0 Å². The molecule has 1 heterocycles. The zero-order valence-electron chi connectivity index (χ0n) is 15.8. The van der Waals surface area contributed by atoms with Crippen LogP contribution in [0.15, 0.2) is 71.3 Å². The molecule has 0 fully saturated rings. The van der Waals surface area contributed by atoms with E-state index in [9.17, 15) is 9.59 Å². The van der Waals surface area contributed by atoms with E-state index in [1.165, 1.54) is 6.26 Å². The molecule has 2 aromatic carbocycles. The quantitative estimate of drug-likeness (QED) is 0.683. The summed E-state index contributed by atoms with van der Waals surface area (Å²) in [6, 6.07) is 18.3. The summed E-state index contributed by atoms with van der Waals surface area (Å²) in [5.74, 6) is 0.619. The lowest BCUT2D eigenvalue weighted by molar-refractivity contribution is 0.0749. The first-order valence-electron chi connectivity index (χ1n) is 8.89. The molecular formula is C22H22N2O4. The van der Waals surface area contributed by atoms with E-state index >= 15 is 0 Å². The second kappa shape index (κ2) is 8.90. The van der Waals surface area contributed by atoms with Crippen molar-refractivity contribution >= 4 is 11.8 Å². The number of hydrogen-bond donors (Lipinski definition) is 1. The molecule has 0 saturated carbocycles. The summed E-state index contributed by atoms with van der Waals surface area (Å²) in [4.78, 5) is 26.0. The maximum absolute atomic E-state index is 12.8. The predicted molar refractivity (Wildman–Crippen MR) is 105 cm³/mol. The number of benzene rings is 2. The van der Waals surface area contributed by atoms with Crippen molar-refractivity contribution in [2.24, 2.45) is 0 Å². The summed E-state index contributed by atoms with van der Waals surface area (Å²) in [5.41, 5.74) is 2.18. The van der Waals surface area contributed by atoms with Gasteiger partial charge in [0.25, 0.3) is 11.8 Å². The molecule has 3 rings (SSSR count). The van der Waals surface area contributed by atoms with Crippen molar-refractivity contribution in [3.05, 3.63) is 89.4 Å². The highest BCUT2D eigenvalue weighted by molar-refractivity contribution is 5.94. The van der Waals surface area contributed by atoms with E-state index in [4.69, 9.17) is 9.15 Å². The van der Waals surface area contributed by atoms with Gasteiger partial charge in [-0.2, -0.15) is 0 Å². The number of nitrogens with one attached hydrogen (secondary N) is 1. The van der Waals surface area contributed by atoms with Gasteiger partial charge in [-0.1, -0.05) is 30.3 Å². The Morgan fingerprint density at radius 2 is 1.75 bits per heavy atom. The minimum absolute atomic E-state index is 0.144. The Labute approximate surface area is 163 Å². The van der Waals surface area contributed by atoms with Crippen LogP contribution in [0.1, 0.15) is 32.0 Å². The van der Waals surface area contributed by atoms with Crippen molar-refractivity contribution in [1.29, 1.82) is 0 Å². The zero-order chi connectivity index (χ0) is 19.9. The highest BCUT2D eigenvalue weighted by Gasteiger charge is 2.20. The van der Waals surface area contributed by atoms with Crippen molar-refractivity contribution < 1.29 is 18.7 Å². The number of carbonyl (C=O) groups excluding carboxylic acids is 2. The van der Waals surface area contributed by atoms with Crippen molar-refractivity contribution in [2.75, 3.05) is 14.1 Å². The number of ether oxygens (including phenoxy) is 1. The molecule has 3 aromatic rings. The van der Waals surface area contributed by atoms with Crippen LogP contribution in [0.2, 0.25) is 0 Å². The Morgan fingerprint density at radius 3 is 2.43 bits per heavy atom. The Bertz CT molecular complexity index is 933. The summed E-state index contributed by atoms with van der Waals surface area (Å²) in [6.07, 6.45) is 1.49. The SMILES string of the molecule is CNC(=O)c1ccc(CN(C)C(=O)c2occc2COc2ccccc2)cc1. The number of hydrogen-bond acceptors (Lipinski definition) is 4. The number of amides is 2. The fourth-order valence-electron chi connectivity index (χ4n) is 2.74. The highest BCUT2D eigenvalue weighted by Crippen LogP contribution is 2.18. The lowest BCUT2D eigenvalue weighted by Gasteiger charge is -2.17. The van der Waals surface area contributed by atoms with Gasteiger partial charge in [0.05, 0.1) is 6.26 Å². The standard InChI is InChI=1S/C22H22N2O4/c1-23-21(25)17-10-8-16(9-11-17)14-24(2)22(26)20-18(12-13-27-20)15-28-19-6-4-3-5-7-19/h3-13H,14-15H2,1-2H3,(H,23,25). The van der Waals surface area contributed by atoms with Gasteiger partial charge in [0.2, 0.25) is 0 Å². The Morgan fingerprint density at radius 1 is 1.04 bits per heavy atom. The molecule has 6 heteroatoms. The second-order valence-corrected chi connectivity index (χ2v) is 6.31. The molecule has 2 amide bonds. The van der Waals surface area contributed by atoms with Crippen molar-refractivity contribution in [2.45, 2.75) is 13.2 Å². The summed E-state index contributed by atoms with van der Waals surface area (Å²) >= 11 is 0. The molecule has 28 heavy (non-hydrogen) atoms. The van der Waals surface area contributed by atoms with E-state index in [1.54, 1.807) is 37.2 Å². The third-order valence-electron chi connectivity index (χ3n) is 4.29. The predicted octanol–water partition coefficient (Wildman–Crippen LogP) is 3.49. The average molecular weight is 378 g/mol. The third kappa shape index (κ3) is 4.59. The van der Waals surface area contributed by atoms with E-state index in [-0.39, 0.29) is 24.2 Å². The average Bonchev–Trinajstić information content (AvgIpc) is 3.21. The number of rotatable bonds is 7. The molecule has 6 nitrogen and oxygen atoms in total. The highest BCUT2D eigenvalue weighted by atomic mass is 16.5. The number of furan rings is 1. The molecule has 1 N–H and O–H groups in total. The molecule has 0 aliphatic carbocycles. The Hall–Kier alpha value is -3.54. The van der Waals surface area contributed by atoms with Crippen LogP contribution in [0, 0.1) is 0 Å². The van der Waals surface area contributed by atoms with Crippen LogP contribution in [-0.2, 0) is 13.2 Å². The van der Waals surface area contributed by atoms with Gasteiger partial charge in [-0.3, -0.25) is 9.59 Å². The van der Waals surface area contributed by atoms with Gasteiger partial charge >= 0.3 is 0 Å². The molecule has 0 bridgehead atoms. The van der Waals surface area contributed by atoms with Crippen LogP contribution >= 0.6 is 0 Å². The van der Waals surface area contributed by atoms with Crippen molar-refractivity contribution in [3.63, 3.8) is 0 Å². The smallest absolute Gasteiger partial charge is 0.290 e. The lowest BCUT2D eigenvalue weighted by atomic mass is 10.1. The summed E-state index contributed by atoms with van der Waals surface area (Å²) in [5, 5.41) is 2.58. The van der Waals surface area contributed by atoms with E-state index in [2.05, 4.69) is 5.32 Å². The molecule has 0 aliphatic heterocycles. The summed E-state index contributed by atoms with van der Waals surface area (Å²) in [7, 11) is 3.30. The molecule has 0 saturated heterocycles. The normalized spacial score (nSPS) is 10.4. The fourth-order valence-corrected chi connectivity index (χ4v) is 2.74. The van der Waals surface area contributed by atoms with Crippen LogP contribution < -0.4 is 10.1 Å². The van der Waals surface area contributed by atoms with Gasteiger partial charge < -0.3 is 19.4 Å². The molecule has 0 aliphatic rings. The maximum Gasteiger partial charge on any atom is 0.290 e. The van der Waals surface area contributed by atoms with Crippen LogP contribution in [-0.4, -0.2) is 30.8 Å². The Balaban J connectivity index is 1.63. The van der Waals surface area contributed by atoms with Gasteiger partial charge in [-0.15, -0.1) is 0 Å². The number of nitrogens with zero attached hydrogens (tertiary/aromatic N) is 1. The molecular weight excluding hydrogens is 356 g/mol. The molecule has 0 atom stereocenters. The van der Waals surface area contributed by atoms with E-state index < -0.39 is 0 Å². The van der Waals surface area contributed by atoms with Gasteiger partial charge in [-0.25, -0.2) is 0 Å². The van der Waals surface area contributed by atoms with E-state index in [0.29, 0.717) is 17.7 Å². The van der Waals surface area contributed by atoms with Gasteiger partial charge in [0, 0.05) is 31.8 Å². The minimum atomic E-state index is -0.230. The monoisotopic (exact) mass is 378 g/mol. The minimum Gasteiger partial charge on any atom is -0.489 e. The molecule has 1 aromatic heterocycles. The van der Waals surface area contributed by atoms with Gasteiger partial charge in [0.1, 0.15) is 12.4 Å². The topological polar surface area (TPSA) is 71.8 Å². The van der Waals surface area contributed by atoms with Gasteiger partial charge in [-0.05, 0) is 35.9 Å². The zero-order valence-corrected chi connectivity index (χ0v) is 15.8. The van der Waals surface area contributed by atoms with Crippen LogP contribution in [0.3, 0.4) is 0 Å². The molecule has 0 radical (unpaired) electrons. The maximum atomic E-state index is 12.8. The largest absolute Gasteiger partial charge is 0.489 e. The lowest BCUT2D eigenvalue weighted by Crippen LogP contribution is -2.27. The first-order chi connectivity index (χ1) is 13.6. The van der Waals surface area contributed by atoms with Crippen molar-refractivity contribution in [1.82, 2.24) is 10.2 Å². The number of carbonyl (C=O) groups is 2. The summed E-state index contributed by atoms with van der Waals surface area (Å²) in [6.45, 7) is 0.642. The van der Waals surface area contributed by atoms with Crippen molar-refractivity contribution in [3.8, 4) is 5.75 Å². The van der Waals surface area contributed by atoms with Crippen LogP contribution in [0.5, 0.6) is 5.75 Å². The summed E-state index contributed by atoms with van der Waals surface area (Å²) < 4.78 is 11.1. The molecule has 144 valence electrons. The van der Waals surface area contributed by atoms with Gasteiger partial charge in [0.15, 0.2) is 5.76 Å². The van der Waals surface area contributed by atoms with Crippen LogP contribution in [0.25, 0.3) is 0 Å². The first-order valence-corrected chi connectivity index (χ1v) is 8.89. The molecule has 0 spiro atoms. The Kier molecular flexibility index (Phi) is 6.11. The number of para-hydroxylation sites is 1. The fraction of sp³-hybridized carbons (Fsp3) is 0.182. The molecule has 0 unspecified atom stereocenters. The third-order valence-corrected chi connectivity index (χ3v) is 4.29. The second-order valence-electron chi connectivity index (χ2n) is 6.31.